The predicted molar refractivity (Wildman–Crippen MR) is 37.0 cm³/mol. The van der Waals surface area contributed by atoms with Crippen LogP contribution < -0.4 is 5.73 Å². The van der Waals surface area contributed by atoms with Gasteiger partial charge in [-0.05, 0) is 6.54 Å². The van der Waals surface area contributed by atoms with Crippen LogP contribution in [0.2, 0.25) is 0 Å². The van der Waals surface area contributed by atoms with Crippen LogP contribution in [0.4, 0.5) is 0 Å². The van der Waals surface area contributed by atoms with Crippen LogP contribution in [-0.4, -0.2) is 11.5 Å². The van der Waals surface area contributed by atoms with Crippen LogP contribution in [0.5, 0.6) is 0 Å². The number of hydrogen-bond donors (Lipinski definition) is 1. The van der Waals surface area contributed by atoms with Gasteiger partial charge in [0.2, 0.25) is 0 Å². The lowest BCUT2D eigenvalue weighted by Crippen LogP contribution is -2.01. The van der Waals surface area contributed by atoms with Crippen LogP contribution in [0.3, 0.4) is 0 Å². The Morgan fingerprint density at radius 2 is 2.75 bits per heavy atom. The highest BCUT2D eigenvalue weighted by Gasteiger charge is 1.89. The van der Waals surface area contributed by atoms with Gasteiger partial charge >= 0.3 is 0 Å². The number of aromatic nitrogens is 1. The normalized spacial score (nSPS) is 9.62. The van der Waals surface area contributed by atoms with Crippen molar-refractivity contribution in [3.05, 3.63) is 16.6 Å². The summed E-state index contributed by atoms with van der Waals surface area (Å²) in [5.74, 6) is 0. The highest BCUT2D eigenvalue weighted by molar-refractivity contribution is 7.09. The van der Waals surface area contributed by atoms with Gasteiger partial charge in [0.1, 0.15) is 0 Å². The summed E-state index contributed by atoms with van der Waals surface area (Å²) in [5.41, 5.74) is 5.29. The quantitative estimate of drug-likeness (QED) is 0.645. The minimum Gasteiger partial charge on any atom is -0.330 e. The average Bonchev–Trinajstić information content (AvgIpc) is 2.19. The number of nitrogens with two attached hydrogens (primary N) is 1. The van der Waals surface area contributed by atoms with Crippen molar-refractivity contribution >= 4 is 11.3 Å². The molecule has 0 aromatic carbocycles. The van der Waals surface area contributed by atoms with E-state index in [1.807, 2.05) is 5.38 Å². The third kappa shape index (κ3) is 1.28. The lowest BCUT2D eigenvalue weighted by atomic mass is 10.5. The summed E-state index contributed by atoms with van der Waals surface area (Å²) < 4.78 is 0. The van der Waals surface area contributed by atoms with E-state index in [4.69, 9.17) is 5.73 Å². The molecule has 0 aliphatic carbocycles. The van der Waals surface area contributed by atoms with E-state index in [1.54, 1.807) is 17.5 Å². The summed E-state index contributed by atoms with van der Waals surface area (Å²) in [6.45, 7) is 0.702. The van der Waals surface area contributed by atoms with E-state index < -0.39 is 0 Å². The van der Waals surface area contributed by atoms with Crippen LogP contribution in [0.25, 0.3) is 0 Å². The molecule has 0 spiro atoms. The van der Waals surface area contributed by atoms with E-state index in [0.717, 1.165) is 11.4 Å². The molecule has 0 aliphatic heterocycles. The zero-order valence-electron chi connectivity index (χ0n) is 4.50. The van der Waals surface area contributed by atoms with E-state index in [9.17, 15) is 0 Å². The Balaban J connectivity index is 0.000000640. The first-order valence-corrected chi connectivity index (χ1v) is 3.40. The third-order valence-electron chi connectivity index (χ3n) is 0.842. The summed E-state index contributed by atoms with van der Waals surface area (Å²) >= 11 is 1.66. The fourth-order valence-electron chi connectivity index (χ4n) is 0.500. The highest BCUT2D eigenvalue weighted by Crippen LogP contribution is 2.02. The molecule has 0 saturated heterocycles. The first kappa shape index (κ1) is 5.72. The fraction of sp³-hybridized carbons (Fsp3) is 0.400. The standard InChI is InChI=1S/C5H8N2S.H2/c6-2-1-5-7-3-4-8-5;/h3-4H,1-2,6H2;1H. The molecule has 3 heteroatoms. The van der Waals surface area contributed by atoms with E-state index >= 15 is 0 Å². The van der Waals surface area contributed by atoms with Gasteiger partial charge in [0.05, 0.1) is 5.01 Å². The van der Waals surface area contributed by atoms with Gasteiger partial charge in [-0.3, -0.25) is 0 Å². The second-order valence-electron chi connectivity index (χ2n) is 1.46. The Hall–Kier alpha value is -0.410. The molecule has 2 N–H and O–H groups in total. The molecule has 8 heavy (non-hydrogen) atoms. The van der Waals surface area contributed by atoms with Gasteiger partial charge in [-0.25, -0.2) is 4.98 Å². The van der Waals surface area contributed by atoms with Crippen LogP contribution in [0.15, 0.2) is 11.6 Å². The van der Waals surface area contributed by atoms with Crippen molar-refractivity contribution in [2.45, 2.75) is 6.42 Å². The van der Waals surface area contributed by atoms with Crippen molar-refractivity contribution in [3.63, 3.8) is 0 Å². The van der Waals surface area contributed by atoms with Crippen molar-refractivity contribution < 1.29 is 1.43 Å². The number of thiazole rings is 1. The van der Waals surface area contributed by atoms with Crippen molar-refractivity contribution in [2.24, 2.45) is 5.73 Å². The van der Waals surface area contributed by atoms with Gasteiger partial charge in [-0.15, -0.1) is 11.3 Å². The van der Waals surface area contributed by atoms with Crippen LogP contribution in [0.1, 0.15) is 6.43 Å². The van der Waals surface area contributed by atoms with Crippen LogP contribution in [-0.2, 0) is 6.42 Å². The van der Waals surface area contributed by atoms with E-state index in [0.29, 0.717) is 6.54 Å². The molecule has 0 atom stereocenters. The molecule has 0 saturated carbocycles. The van der Waals surface area contributed by atoms with Crippen molar-refractivity contribution in [2.75, 3.05) is 6.54 Å². The molecule has 1 heterocycles. The van der Waals surface area contributed by atoms with Gasteiger partial charge in [0.15, 0.2) is 0 Å². The predicted octanol–water partition coefficient (Wildman–Crippen LogP) is 0.890. The van der Waals surface area contributed by atoms with Crippen LogP contribution in [0, 0.1) is 0 Å². The smallest absolute Gasteiger partial charge is 0.0937 e. The summed E-state index contributed by atoms with van der Waals surface area (Å²) in [6.07, 6.45) is 2.72. The molecule has 0 aliphatic rings. The molecule has 1 aromatic rings. The zero-order chi connectivity index (χ0) is 5.82. The van der Waals surface area contributed by atoms with E-state index in [-0.39, 0.29) is 1.43 Å². The minimum absolute atomic E-state index is 0. The zero-order valence-corrected chi connectivity index (χ0v) is 5.32. The maximum Gasteiger partial charge on any atom is 0.0937 e. The lowest BCUT2D eigenvalue weighted by molar-refractivity contribution is 0.953. The van der Waals surface area contributed by atoms with Crippen molar-refractivity contribution in [3.8, 4) is 0 Å². The Kier molecular flexibility index (Phi) is 2.00. The molecule has 2 nitrogen and oxygen atoms in total. The lowest BCUT2D eigenvalue weighted by Gasteiger charge is -1.84. The average molecular weight is 130 g/mol. The SMILES string of the molecule is NCCc1nccs1.[HH]. The Labute approximate surface area is 53.8 Å². The summed E-state index contributed by atoms with van der Waals surface area (Å²) in [7, 11) is 0. The highest BCUT2D eigenvalue weighted by atomic mass is 32.1. The number of rotatable bonds is 2. The molecule has 0 radical (unpaired) electrons. The second-order valence-corrected chi connectivity index (χ2v) is 2.44. The van der Waals surface area contributed by atoms with Gasteiger partial charge in [-0.1, -0.05) is 0 Å². The molecule has 1 aromatic heterocycles. The molecule has 1 rings (SSSR count). The molecule has 0 amide bonds. The first-order valence-electron chi connectivity index (χ1n) is 2.52. The number of nitrogens with zero attached hydrogens (tertiary/aromatic N) is 1. The van der Waals surface area contributed by atoms with Crippen molar-refractivity contribution in [1.82, 2.24) is 4.98 Å². The third-order valence-corrected chi connectivity index (χ3v) is 1.68. The molecule has 0 fully saturated rings. The molecule has 46 valence electrons. The van der Waals surface area contributed by atoms with Gasteiger partial charge in [0, 0.05) is 19.4 Å². The first-order chi connectivity index (χ1) is 3.93. The molecular formula is C5H10N2S. The summed E-state index contributed by atoms with van der Waals surface area (Å²) in [5, 5.41) is 3.10. The monoisotopic (exact) mass is 130 g/mol. The summed E-state index contributed by atoms with van der Waals surface area (Å²) in [6, 6.07) is 0. The fourth-order valence-corrected chi connectivity index (χ4v) is 1.14. The van der Waals surface area contributed by atoms with E-state index in [2.05, 4.69) is 4.98 Å². The largest absolute Gasteiger partial charge is 0.330 e. The second kappa shape index (κ2) is 2.79. The van der Waals surface area contributed by atoms with Gasteiger partial charge < -0.3 is 5.73 Å². The minimum atomic E-state index is 0. The Morgan fingerprint density at radius 1 is 1.88 bits per heavy atom. The Morgan fingerprint density at radius 3 is 3.25 bits per heavy atom. The van der Waals surface area contributed by atoms with Crippen molar-refractivity contribution in [1.29, 1.82) is 0 Å². The van der Waals surface area contributed by atoms with Gasteiger partial charge in [0.25, 0.3) is 0 Å². The molecular weight excluding hydrogens is 120 g/mol. The number of hydrogen-bond acceptors (Lipinski definition) is 3. The molecule has 0 unspecified atom stereocenters. The summed E-state index contributed by atoms with van der Waals surface area (Å²) in [4.78, 5) is 4.04. The van der Waals surface area contributed by atoms with E-state index in [1.165, 1.54) is 0 Å². The topological polar surface area (TPSA) is 38.9 Å². The van der Waals surface area contributed by atoms with Crippen LogP contribution >= 0.6 is 11.3 Å². The maximum absolute atomic E-state index is 5.29. The maximum atomic E-state index is 5.29. The van der Waals surface area contributed by atoms with Gasteiger partial charge in [-0.2, -0.15) is 0 Å². The molecule has 0 bridgehead atoms. The Bertz CT molecular complexity index is 141.